The Hall–Kier alpha value is 1.38. The molecule has 0 spiro atoms. The molecule has 0 aliphatic carbocycles. The standard InChI is InChI=1S/C4H10I2N2/c1-7(5)3-4-8(2)6/h3-4H2,1-2H3. The molecule has 0 aliphatic heterocycles. The van der Waals surface area contributed by atoms with E-state index in [-0.39, 0.29) is 0 Å². The fourth-order valence-electron chi connectivity index (χ4n) is 0.276. The summed E-state index contributed by atoms with van der Waals surface area (Å²) >= 11 is 4.56. The second-order valence-corrected chi connectivity index (χ2v) is 4.95. The zero-order valence-corrected chi connectivity index (χ0v) is 9.38. The Balaban J connectivity index is 2.93. The molecule has 0 saturated carbocycles. The van der Waals surface area contributed by atoms with Crippen LogP contribution >= 0.6 is 45.7 Å². The van der Waals surface area contributed by atoms with E-state index < -0.39 is 0 Å². The van der Waals surface area contributed by atoms with Crippen LogP contribution in [0.4, 0.5) is 0 Å². The molecule has 0 rings (SSSR count). The van der Waals surface area contributed by atoms with Gasteiger partial charge in [-0.1, -0.05) is 0 Å². The summed E-state index contributed by atoms with van der Waals surface area (Å²) in [5.74, 6) is 0. The summed E-state index contributed by atoms with van der Waals surface area (Å²) in [6.45, 7) is 2.25. The molecule has 0 heterocycles. The first-order chi connectivity index (χ1) is 3.63. The van der Waals surface area contributed by atoms with Crippen LogP contribution in [0.2, 0.25) is 0 Å². The number of nitrogens with zero attached hydrogens (tertiary/aromatic N) is 2. The highest BCUT2D eigenvalue weighted by Crippen LogP contribution is 1.96. The van der Waals surface area contributed by atoms with Crippen molar-refractivity contribution in [3.05, 3.63) is 0 Å². The monoisotopic (exact) mass is 340 g/mol. The van der Waals surface area contributed by atoms with Crippen LogP contribution in [0.3, 0.4) is 0 Å². The molecule has 0 aliphatic rings. The molecule has 0 amide bonds. The highest BCUT2D eigenvalue weighted by molar-refractivity contribution is 14.1. The second-order valence-electron chi connectivity index (χ2n) is 1.66. The van der Waals surface area contributed by atoms with E-state index in [4.69, 9.17) is 0 Å². The lowest BCUT2D eigenvalue weighted by molar-refractivity contribution is 0.513. The molecule has 8 heavy (non-hydrogen) atoms. The van der Waals surface area contributed by atoms with Gasteiger partial charge in [-0.25, -0.2) is 6.23 Å². The quantitative estimate of drug-likeness (QED) is 0.568. The molecule has 0 atom stereocenters. The molecular weight excluding hydrogens is 330 g/mol. The molecule has 2 nitrogen and oxygen atoms in total. The Labute approximate surface area is 78.6 Å². The molecule has 50 valence electrons. The third kappa shape index (κ3) is 7.38. The summed E-state index contributed by atoms with van der Waals surface area (Å²) in [6.07, 6.45) is 0. The number of halogens is 2. The predicted molar refractivity (Wildman–Crippen MR) is 53.3 cm³/mol. The Bertz CT molecular complexity index is 48.0. The third-order valence-corrected chi connectivity index (χ3v) is 1.68. The second kappa shape index (κ2) is 5.19. The van der Waals surface area contributed by atoms with Gasteiger partial charge in [0.1, 0.15) is 0 Å². The lowest BCUT2D eigenvalue weighted by Gasteiger charge is -2.09. The van der Waals surface area contributed by atoms with E-state index in [1.165, 1.54) is 0 Å². The first-order valence-corrected chi connectivity index (χ1v) is 4.29. The van der Waals surface area contributed by atoms with Crippen LogP contribution in [0.5, 0.6) is 0 Å². The Morgan fingerprint density at radius 1 is 1.00 bits per heavy atom. The van der Waals surface area contributed by atoms with E-state index >= 15 is 0 Å². The molecule has 0 aromatic heterocycles. The average Bonchev–Trinajstić information content (AvgIpc) is 1.61. The van der Waals surface area contributed by atoms with Gasteiger partial charge in [-0.3, -0.25) is 0 Å². The summed E-state index contributed by atoms with van der Waals surface area (Å²) in [5.41, 5.74) is 0. The first-order valence-electron chi connectivity index (χ1n) is 2.36. The highest BCUT2D eigenvalue weighted by Gasteiger charge is 1.92. The fraction of sp³-hybridized carbons (Fsp3) is 1.00. The molecule has 0 bridgehead atoms. The van der Waals surface area contributed by atoms with E-state index in [9.17, 15) is 0 Å². The minimum Gasteiger partial charge on any atom is -0.249 e. The van der Waals surface area contributed by atoms with Gasteiger partial charge in [0, 0.05) is 58.8 Å². The van der Waals surface area contributed by atoms with Crippen LogP contribution in [-0.4, -0.2) is 33.4 Å². The van der Waals surface area contributed by atoms with Gasteiger partial charge in [-0.15, -0.1) is 0 Å². The van der Waals surface area contributed by atoms with Gasteiger partial charge in [-0.2, -0.15) is 0 Å². The molecule has 0 N–H and O–H groups in total. The maximum atomic E-state index is 2.28. The summed E-state index contributed by atoms with van der Waals surface area (Å²) in [7, 11) is 4.14. The molecule has 4 heteroatoms. The Morgan fingerprint density at radius 2 is 1.25 bits per heavy atom. The van der Waals surface area contributed by atoms with Gasteiger partial charge >= 0.3 is 0 Å². The number of rotatable bonds is 3. The first kappa shape index (κ1) is 9.38. The zero-order chi connectivity index (χ0) is 6.57. The van der Waals surface area contributed by atoms with Crippen LogP contribution in [0.15, 0.2) is 0 Å². The normalized spacial score (nSPS) is 11.2. The molecule has 0 radical (unpaired) electrons. The SMILES string of the molecule is CN(I)CCN(C)I. The van der Waals surface area contributed by atoms with Crippen molar-refractivity contribution in [1.82, 2.24) is 6.23 Å². The van der Waals surface area contributed by atoms with Gasteiger partial charge in [0.05, 0.1) is 0 Å². The van der Waals surface area contributed by atoms with Crippen molar-refractivity contribution in [2.75, 3.05) is 27.2 Å². The van der Waals surface area contributed by atoms with E-state index in [0.717, 1.165) is 13.1 Å². The van der Waals surface area contributed by atoms with Gasteiger partial charge in [0.15, 0.2) is 0 Å². The Morgan fingerprint density at radius 3 is 1.38 bits per heavy atom. The molecule has 0 aromatic carbocycles. The zero-order valence-electron chi connectivity index (χ0n) is 5.06. The van der Waals surface area contributed by atoms with Crippen molar-refractivity contribution in [2.45, 2.75) is 0 Å². The van der Waals surface area contributed by atoms with E-state index in [1.54, 1.807) is 0 Å². The molecular formula is C4H10I2N2. The van der Waals surface area contributed by atoms with Gasteiger partial charge < -0.3 is 0 Å². The van der Waals surface area contributed by atoms with E-state index in [2.05, 4.69) is 66.1 Å². The summed E-state index contributed by atoms with van der Waals surface area (Å²) in [6, 6.07) is 0. The van der Waals surface area contributed by atoms with Crippen LogP contribution in [0.1, 0.15) is 0 Å². The van der Waals surface area contributed by atoms with Gasteiger partial charge in [0.2, 0.25) is 0 Å². The van der Waals surface area contributed by atoms with E-state index in [0.29, 0.717) is 0 Å². The minimum absolute atomic E-state index is 1.12. The predicted octanol–water partition coefficient (Wildman–Crippen LogP) is 1.55. The van der Waals surface area contributed by atoms with Crippen molar-refractivity contribution in [3.8, 4) is 0 Å². The molecule has 0 saturated heterocycles. The number of hydrogen-bond donors (Lipinski definition) is 0. The van der Waals surface area contributed by atoms with Crippen LogP contribution in [0, 0.1) is 0 Å². The number of hydrogen-bond acceptors (Lipinski definition) is 2. The lowest BCUT2D eigenvalue weighted by Crippen LogP contribution is -2.18. The maximum Gasteiger partial charge on any atom is 0.0214 e. The largest absolute Gasteiger partial charge is 0.249 e. The molecule has 0 aromatic rings. The van der Waals surface area contributed by atoms with Crippen molar-refractivity contribution < 1.29 is 0 Å². The Kier molecular flexibility index (Phi) is 6.08. The maximum absolute atomic E-state index is 2.28. The van der Waals surface area contributed by atoms with Crippen LogP contribution in [-0.2, 0) is 0 Å². The molecule has 0 fully saturated rings. The van der Waals surface area contributed by atoms with Gasteiger partial charge in [0.25, 0.3) is 0 Å². The summed E-state index contributed by atoms with van der Waals surface area (Å²) in [5, 5.41) is 0. The van der Waals surface area contributed by atoms with E-state index in [1.807, 2.05) is 0 Å². The topological polar surface area (TPSA) is 6.48 Å². The summed E-state index contributed by atoms with van der Waals surface area (Å²) < 4.78 is 4.29. The van der Waals surface area contributed by atoms with Crippen LogP contribution in [0.25, 0.3) is 0 Å². The minimum atomic E-state index is 1.12. The van der Waals surface area contributed by atoms with Gasteiger partial charge in [-0.05, 0) is 14.1 Å². The lowest BCUT2D eigenvalue weighted by atomic mass is 10.6. The van der Waals surface area contributed by atoms with Crippen molar-refractivity contribution in [1.29, 1.82) is 0 Å². The highest BCUT2D eigenvalue weighted by atomic mass is 127. The van der Waals surface area contributed by atoms with Crippen LogP contribution < -0.4 is 0 Å². The average molecular weight is 340 g/mol. The summed E-state index contributed by atoms with van der Waals surface area (Å²) in [4.78, 5) is 0. The number of likely N-dealkylation sites (N-methyl/N-ethyl adjacent to an activating group) is 2. The smallest absolute Gasteiger partial charge is 0.0214 e. The van der Waals surface area contributed by atoms with Crippen molar-refractivity contribution >= 4 is 45.7 Å². The van der Waals surface area contributed by atoms with Crippen molar-refractivity contribution in [2.24, 2.45) is 0 Å². The molecule has 0 unspecified atom stereocenters. The van der Waals surface area contributed by atoms with Crippen molar-refractivity contribution in [3.63, 3.8) is 0 Å². The third-order valence-electron chi connectivity index (χ3n) is 0.716. The fourth-order valence-corrected chi connectivity index (χ4v) is 0.707.